The van der Waals surface area contributed by atoms with Gasteiger partial charge >= 0.3 is 0 Å². The minimum absolute atomic E-state index is 0.103. The van der Waals surface area contributed by atoms with Gasteiger partial charge in [0.1, 0.15) is 22.8 Å². The SMILES string of the molecule is C=CCN(C)Cc1ccc2c(c1O)C(O)=C1C(=O)C3(O)C(O)=C(C(N)=O)C(=O)CC3CC1C2. The van der Waals surface area contributed by atoms with Crippen molar-refractivity contribution < 1.29 is 34.8 Å². The van der Waals surface area contributed by atoms with Crippen LogP contribution in [0.25, 0.3) is 5.76 Å². The largest absolute Gasteiger partial charge is 0.508 e. The quantitative estimate of drug-likeness (QED) is 0.326. The highest BCUT2D eigenvalue weighted by Gasteiger charge is 2.60. The third-order valence-electron chi connectivity index (χ3n) is 6.90. The minimum atomic E-state index is -2.55. The van der Waals surface area contributed by atoms with Crippen molar-refractivity contribution in [3.8, 4) is 5.75 Å². The number of benzene rings is 1. The predicted molar refractivity (Wildman–Crippen MR) is 118 cm³/mol. The van der Waals surface area contributed by atoms with Crippen LogP contribution in [0.1, 0.15) is 29.5 Å². The van der Waals surface area contributed by atoms with Crippen molar-refractivity contribution in [2.45, 2.75) is 31.4 Å². The number of amides is 1. The van der Waals surface area contributed by atoms with Gasteiger partial charge in [-0.05, 0) is 31.4 Å². The van der Waals surface area contributed by atoms with Crippen molar-refractivity contribution in [3.63, 3.8) is 0 Å². The van der Waals surface area contributed by atoms with Crippen molar-refractivity contribution >= 4 is 23.2 Å². The van der Waals surface area contributed by atoms with E-state index in [1.807, 2.05) is 11.9 Å². The van der Waals surface area contributed by atoms with Crippen LogP contribution in [0.3, 0.4) is 0 Å². The third-order valence-corrected chi connectivity index (χ3v) is 6.90. The second-order valence-electron chi connectivity index (χ2n) is 9.00. The number of phenolic OH excluding ortho intramolecular Hbond substituents is 1. The van der Waals surface area contributed by atoms with Crippen LogP contribution in [0.4, 0.5) is 0 Å². The first-order valence-electron chi connectivity index (χ1n) is 10.6. The number of ketones is 2. The van der Waals surface area contributed by atoms with Gasteiger partial charge in [0.15, 0.2) is 11.4 Å². The van der Waals surface area contributed by atoms with Gasteiger partial charge in [-0.2, -0.15) is 0 Å². The first-order chi connectivity index (χ1) is 15.5. The number of aliphatic hydroxyl groups excluding tert-OH is 2. The zero-order chi connectivity index (χ0) is 24.2. The van der Waals surface area contributed by atoms with E-state index in [0.29, 0.717) is 30.6 Å². The summed E-state index contributed by atoms with van der Waals surface area (Å²) >= 11 is 0. The van der Waals surface area contributed by atoms with E-state index >= 15 is 0 Å². The maximum Gasteiger partial charge on any atom is 0.255 e. The number of hydrogen-bond donors (Lipinski definition) is 5. The Balaban J connectivity index is 1.83. The standard InChI is InChI=1S/C24H26N2O7/c1-3-6-26(2)10-12-5-4-11-7-13-8-14-9-15(27)18(23(25)32)22(31)24(14,33)21(30)17(13)20(29)16(11)19(12)28/h3-5,13-14,28-29,31,33H,1,6-10H2,2H3,(H2,25,32). The second kappa shape index (κ2) is 7.86. The summed E-state index contributed by atoms with van der Waals surface area (Å²) in [4.78, 5) is 39.4. The van der Waals surface area contributed by atoms with Crippen LogP contribution in [-0.2, 0) is 27.3 Å². The Hall–Kier alpha value is -3.43. The third kappa shape index (κ3) is 3.27. The van der Waals surface area contributed by atoms with E-state index in [-0.39, 0.29) is 29.7 Å². The maximum atomic E-state index is 13.5. The fraction of sp³-hybridized carbons (Fsp3) is 0.375. The Morgan fingerprint density at radius 1 is 1.27 bits per heavy atom. The monoisotopic (exact) mass is 454 g/mol. The molecule has 174 valence electrons. The van der Waals surface area contributed by atoms with Gasteiger partial charge in [-0.1, -0.05) is 18.2 Å². The van der Waals surface area contributed by atoms with Gasteiger partial charge in [0.05, 0.1) is 5.56 Å². The molecule has 3 aliphatic rings. The maximum absolute atomic E-state index is 13.5. The number of aliphatic hydroxyl groups is 3. The summed E-state index contributed by atoms with van der Waals surface area (Å²) in [6, 6.07) is 3.53. The Bertz CT molecular complexity index is 1170. The number of phenols is 1. The molecule has 3 aliphatic carbocycles. The summed E-state index contributed by atoms with van der Waals surface area (Å²) in [7, 11) is 1.84. The number of nitrogens with zero attached hydrogens (tertiary/aromatic N) is 1. The van der Waals surface area contributed by atoms with Crippen molar-refractivity contribution in [3.05, 3.63) is 58.4 Å². The molecule has 3 atom stereocenters. The van der Waals surface area contributed by atoms with Crippen molar-refractivity contribution in [2.75, 3.05) is 13.6 Å². The lowest BCUT2D eigenvalue weighted by Gasteiger charge is -2.46. The molecule has 0 aliphatic heterocycles. The van der Waals surface area contributed by atoms with Crippen molar-refractivity contribution in [1.82, 2.24) is 4.90 Å². The predicted octanol–water partition coefficient (Wildman–Crippen LogP) is 1.04. The number of fused-ring (bicyclic) bond motifs is 3. The summed E-state index contributed by atoms with van der Waals surface area (Å²) in [6.45, 7) is 4.62. The topological polar surface area (TPSA) is 161 Å². The number of hydrogen-bond acceptors (Lipinski definition) is 8. The van der Waals surface area contributed by atoms with Crippen molar-refractivity contribution in [2.24, 2.45) is 17.6 Å². The molecule has 0 bridgehead atoms. The Labute approximate surface area is 190 Å². The highest BCUT2D eigenvalue weighted by Crippen LogP contribution is 2.52. The number of carbonyl (C=O) groups is 3. The van der Waals surface area contributed by atoms with Crippen LogP contribution in [0, 0.1) is 11.8 Å². The molecule has 0 spiro atoms. The fourth-order valence-electron chi connectivity index (χ4n) is 5.34. The lowest BCUT2D eigenvalue weighted by molar-refractivity contribution is -0.147. The van der Waals surface area contributed by atoms with E-state index < -0.39 is 52.0 Å². The minimum Gasteiger partial charge on any atom is -0.508 e. The lowest BCUT2D eigenvalue weighted by atomic mass is 9.59. The van der Waals surface area contributed by atoms with E-state index in [9.17, 15) is 34.8 Å². The van der Waals surface area contributed by atoms with Gasteiger partial charge < -0.3 is 26.2 Å². The highest BCUT2D eigenvalue weighted by molar-refractivity contribution is 6.22. The van der Waals surface area contributed by atoms with Gasteiger partial charge in [-0.3, -0.25) is 19.3 Å². The number of nitrogens with two attached hydrogens (primary N) is 1. The molecule has 1 fully saturated rings. The Kier molecular flexibility index (Phi) is 5.42. The molecule has 6 N–H and O–H groups in total. The number of aromatic hydroxyl groups is 1. The smallest absolute Gasteiger partial charge is 0.255 e. The van der Waals surface area contributed by atoms with E-state index in [2.05, 4.69) is 6.58 Å². The molecule has 0 aromatic heterocycles. The number of rotatable bonds is 5. The van der Waals surface area contributed by atoms with Gasteiger partial charge in [-0.25, -0.2) is 0 Å². The Morgan fingerprint density at radius 2 is 1.97 bits per heavy atom. The van der Waals surface area contributed by atoms with Crippen LogP contribution < -0.4 is 5.73 Å². The summed E-state index contributed by atoms with van der Waals surface area (Å²) in [5.74, 6) is -6.19. The number of carbonyl (C=O) groups excluding carboxylic acids is 3. The summed E-state index contributed by atoms with van der Waals surface area (Å²) in [6.07, 6.45) is 1.80. The molecule has 4 rings (SSSR count). The van der Waals surface area contributed by atoms with Gasteiger partial charge in [0.2, 0.25) is 5.78 Å². The van der Waals surface area contributed by atoms with E-state index in [1.54, 1.807) is 18.2 Å². The fourth-order valence-corrected chi connectivity index (χ4v) is 5.34. The molecule has 0 saturated heterocycles. The zero-order valence-corrected chi connectivity index (χ0v) is 18.2. The summed E-state index contributed by atoms with van der Waals surface area (Å²) in [5, 5.41) is 43.8. The van der Waals surface area contributed by atoms with Gasteiger partial charge in [0, 0.05) is 36.6 Å². The summed E-state index contributed by atoms with van der Waals surface area (Å²) < 4.78 is 0. The zero-order valence-electron chi connectivity index (χ0n) is 18.2. The average molecular weight is 454 g/mol. The van der Waals surface area contributed by atoms with E-state index in [4.69, 9.17) is 5.73 Å². The molecule has 9 heteroatoms. The normalized spacial score (nSPS) is 26.8. The van der Waals surface area contributed by atoms with Crippen LogP contribution in [0.2, 0.25) is 0 Å². The first-order valence-corrected chi connectivity index (χ1v) is 10.6. The molecule has 33 heavy (non-hydrogen) atoms. The van der Waals surface area contributed by atoms with E-state index in [1.165, 1.54) is 0 Å². The summed E-state index contributed by atoms with van der Waals surface area (Å²) in [5.41, 5.74) is 2.97. The molecule has 1 saturated carbocycles. The average Bonchev–Trinajstić information content (AvgIpc) is 2.72. The van der Waals surface area contributed by atoms with Gasteiger partial charge in [-0.15, -0.1) is 6.58 Å². The van der Waals surface area contributed by atoms with Crippen LogP contribution in [0.5, 0.6) is 5.75 Å². The lowest BCUT2D eigenvalue weighted by Crippen LogP contribution is -2.58. The van der Waals surface area contributed by atoms with E-state index in [0.717, 1.165) is 0 Å². The molecule has 1 aromatic rings. The molecule has 0 heterocycles. The molecule has 9 nitrogen and oxygen atoms in total. The molecule has 1 amide bonds. The molecule has 1 aromatic carbocycles. The first kappa shape index (κ1) is 22.8. The van der Waals surface area contributed by atoms with Crippen LogP contribution in [0.15, 0.2) is 41.7 Å². The molecule has 3 unspecified atom stereocenters. The molecule has 0 radical (unpaired) electrons. The van der Waals surface area contributed by atoms with Gasteiger partial charge in [0.25, 0.3) is 5.91 Å². The van der Waals surface area contributed by atoms with Crippen LogP contribution in [-0.4, -0.2) is 62.0 Å². The number of Topliss-reactive ketones (excluding diaryl/α,β-unsaturated/α-hetero) is 2. The second-order valence-corrected chi connectivity index (χ2v) is 9.00. The molecular weight excluding hydrogens is 428 g/mol. The Morgan fingerprint density at radius 3 is 2.61 bits per heavy atom. The highest BCUT2D eigenvalue weighted by atomic mass is 16.3. The van der Waals surface area contributed by atoms with Crippen molar-refractivity contribution in [1.29, 1.82) is 0 Å². The molecular formula is C24H26N2O7. The van der Waals surface area contributed by atoms with Crippen LogP contribution >= 0.6 is 0 Å². The number of likely N-dealkylation sites (N-methyl/N-ethyl adjacent to an activating group) is 1. The number of primary amides is 1.